The van der Waals surface area contributed by atoms with Crippen LogP contribution in [-0.4, -0.2) is 65.2 Å². The van der Waals surface area contributed by atoms with E-state index in [4.69, 9.17) is 23.7 Å². The molecule has 0 unspecified atom stereocenters. The summed E-state index contributed by atoms with van der Waals surface area (Å²) in [6, 6.07) is 0. The predicted octanol–water partition coefficient (Wildman–Crippen LogP) is 2.03. The molecule has 31 heavy (non-hydrogen) atoms. The van der Waals surface area contributed by atoms with Crippen LogP contribution in [0, 0.1) is 0 Å². The maximum absolute atomic E-state index is 12.7. The molecule has 3 heterocycles. The fraction of sp³-hybridized carbons (Fsp3) is 0.682. The van der Waals surface area contributed by atoms with Gasteiger partial charge in [0, 0.05) is 18.9 Å². The van der Waals surface area contributed by atoms with Crippen molar-refractivity contribution in [3.63, 3.8) is 0 Å². The third-order valence-electron chi connectivity index (χ3n) is 6.48. The maximum Gasteiger partial charge on any atom is 0.338 e. The summed E-state index contributed by atoms with van der Waals surface area (Å²) < 4.78 is 28.4. The lowest BCUT2D eigenvalue weighted by Gasteiger charge is -2.26. The molecule has 0 bridgehead atoms. The molecule has 9 nitrogen and oxygen atoms in total. The lowest BCUT2D eigenvalue weighted by Crippen LogP contribution is -2.36. The van der Waals surface area contributed by atoms with Crippen LogP contribution in [0.1, 0.15) is 53.4 Å². The highest BCUT2D eigenvalue weighted by Crippen LogP contribution is 2.54. The van der Waals surface area contributed by atoms with Crippen molar-refractivity contribution < 1.29 is 43.2 Å². The highest BCUT2D eigenvalue weighted by atomic mass is 16.7. The summed E-state index contributed by atoms with van der Waals surface area (Å²) in [5.74, 6) is -1.70. The van der Waals surface area contributed by atoms with Crippen molar-refractivity contribution in [1.82, 2.24) is 0 Å². The molecule has 4 aliphatic rings. The molecule has 0 aromatic heterocycles. The van der Waals surface area contributed by atoms with Gasteiger partial charge in [-0.25, -0.2) is 4.79 Å². The normalized spacial score (nSPS) is 39.0. The second kappa shape index (κ2) is 7.63. The zero-order valence-corrected chi connectivity index (χ0v) is 18.1. The molecule has 0 amide bonds. The van der Waals surface area contributed by atoms with E-state index in [9.17, 15) is 19.5 Å². The van der Waals surface area contributed by atoms with Gasteiger partial charge in [-0.15, -0.1) is 0 Å². The standard InChI is InChI=1S/C22H28O9/c1-11(23)5-6-16(25)28-14-9-22(4)15(30-22)7-8-21(3)19(31-21)18-17(14)13(20(26)29-18)10-27-12(2)24/h5,14-15,18-19,23H,6-10H2,1-4H3/b11-5-/t14-,15-,18-,19-,21+,22+/m1/s1. The van der Waals surface area contributed by atoms with Crippen molar-refractivity contribution in [2.75, 3.05) is 6.61 Å². The Morgan fingerprint density at radius 2 is 1.97 bits per heavy atom. The SMILES string of the molecule is CC(=O)OCC1=C2[C@@H](OC1=O)[C@H]1O[C@@]1(C)CC[C@H]1O[C@@]1(C)C[C@H]2OC(=O)C/C=C(/C)O. The summed E-state index contributed by atoms with van der Waals surface area (Å²) in [7, 11) is 0. The Bertz CT molecular complexity index is 870. The molecule has 0 spiro atoms. The van der Waals surface area contributed by atoms with Crippen LogP contribution >= 0.6 is 0 Å². The van der Waals surface area contributed by atoms with Gasteiger partial charge in [-0.05, 0) is 39.7 Å². The van der Waals surface area contributed by atoms with Gasteiger partial charge in [0.15, 0.2) is 6.10 Å². The van der Waals surface area contributed by atoms with E-state index in [0.717, 1.165) is 12.8 Å². The summed E-state index contributed by atoms with van der Waals surface area (Å²) >= 11 is 0. The van der Waals surface area contributed by atoms with Crippen molar-refractivity contribution in [1.29, 1.82) is 0 Å². The first-order valence-electron chi connectivity index (χ1n) is 10.5. The molecule has 9 heteroatoms. The number of epoxide rings is 2. The van der Waals surface area contributed by atoms with Crippen molar-refractivity contribution in [2.24, 2.45) is 0 Å². The van der Waals surface area contributed by atoms with Crippen molar-refractivity contribution >= 4 is 17.9 Å². The first-order valence-corrected chi connectivity index (χ1v) is 10.5. The van der Waals surface area contributed by atoms with Gasteiger partial charge in [0.25, 0.3) is 0 Å². The quantitative estimate of drug-likeness (QED) is 0.298. The zero-order valence-electron chi connectivity index (χ0n) is 18.1. The van der Waals surface area contributed by atoms with E-state index in [2.05, 4.69) is 0 Å². The molecule has 6 atom stereocenters. The molecule has 3 fully saturated rings. The summed E-state index contributed by atoms with van der Waals surface area (Å²) in [4.78, 5) is 36.6. The summed E-state index contributed by atoms with van der Waals surface area (Å²) in [5, 5.41) is 9.36. The van der Waals surface area contributed by atoms with Crippen molar-refractivity contribution in [3.05, 3.63) is 23.0 Å². The Morgan fingerprint density at radius 1 is 1.23 bits per heavy atom. The van der Waals surface area contributed by atoms with Crippen LogP contribution in [0.25, 0.3) is 0 Å². The molecular formula is C22H28O9. The van der Waals surface area contributed by atoms with Crippen LogP contribution in [-0.2, 0) is 38.1 Å². The van der Waals surface area contributed by atoms with Crippen LogP contribution in [0.4, 0.5) is 0 Å². The number of carbonyl (C=O) groups is 3. The number of rotatable bonds is 5. The third kappa shape index (κ3) is 4.34. The first kappa shape index (κ1) is 21.8. The predicted molar refractivity (Wildman–Crippen MR) is 105 cm³/mol. The van der Waals surface area contributed by atoms with Gasteiger partial charge < -0.3 is 28.8 Å². The van der Waals surface area contributed by atoms with Crippen molar-refractivity contribution in [2.45, 2.75) is 89.0 Å². The number of carbonyl (C=O) groups excluding carboxylic acids is 3. The number of aliphatic hydroxyl groups excluding tert-OH is 1. The lowest BCUT2D eigenvalue weighted by molar-refractivity contribution is -0.148. The number of esters is 3. The molecule has 3 aliphatic heterocycles. The second-order valence-electron chi connectivity index (χ2n) is 9.08. The van der Waals surface area contributed by atoms with Gasteiger partial charge in [-0.2, -0.15) is 0 Å². The van der Waals surface area contributed by atoms with Crippen LogP contribution in [0.3, 0.4) is 0 Å². The van der Waals surface area contributed by atoms with Gasteiger partial charge >= 0.3 is 17.9 Å². The van der Waals surface area contributed by atoms with E-state index in [1.54, 1.807) is 0 Å². The van der Waals surface area contributed by atoms with E-state index in [0.29, 0.717) is 12.0 Å². The van der Waals surface area contributed by atoms with E-state index < -0.39 is 41.3 Å². The molecule has 1 aliphatic carbocycles. The molecule has 0 aromatic carbocycles. The van der Waals surface area contributed by atoms with E-state index in [-0.39, 0.29) is 36.6 Å². The zero-order chi connectivity index (χ0) is 22.6. The van der Waals surface area contributed by atoms with Crippen LogP contribution < -0.4 is 0 Å². The minimum absolute atomic E-state index is 0.00190. The molecule has 4 rings (SSSR count). The number of hydrogen-bond acceptors (Lipinski definition) is 9. The van der Waals surface area contributed by atoms with Crippen molar-refractivity contribution in [3.8, 4) is 0 Å². The Kier molecular flexibility index (Phi) is 5.37. The summed E-state index contributed by atoms with van der Waals surface area (Å²) in [6.45, 7) is 6.36. The van der Waals surface area contributed by atoms with E-state index in [1.807, 2.05) is 13.8 Å². The Balaban J connectivity index is 1.70. The Labute approximate surface area is 180 Å². The molecule has 0 aromatic rings. The molecule has 170 valence electrons. The summed E-state index contributed by atoms with van der Waals surface area (Å²) in [6.07, 6.45) is 1.19. The Hall–Kier alpha value is -2.39. The molecule has 1 saturated carbocycles. The van der Waals surface area contributed by atoms with Gasteiger partial charge in [0.2, 0.25) is 0 Å². The number of allylic oxidation sites excluding steroid dienone is 1. The number of fused-ring (bicyclic) bond motifs is 4. The largest absolute Gasteiger partial charge is 0.513 e. The van der Waals surface area contributed by atoms with Gasteiger partial charge in [0.1, 0.15) is 18.8 Å². The van der Waals surface area contributed by atoms with Gasteiger partial charge in [0.05, 0.1) is 35.1 Å². The first-order chi connectivity index (χ1) is 14.5. The van der Waals surface area contributed by atoms with E-state index >= 15 is 0 Å². The Morgan fingerprint density at radius 3 is 2.65 bits per heavy atom. The molecule has 2 saturated heterocycles. The topological polar surface area (TPSA) is 124 Å². The minimum Gasteiger partial charge on any atom is -0.513 e. The average molecular weight is 436 g/mol. The number of ether oxygens (including phenoxy) is 5. The lowest BCUT2D eigenvalue weighted by atomic mass is 9.83. The van der Waals surface area contributed by atoms with Crippen LogP contribution in [0.5, 0.6) is 0 Å². The highest BCUT2D eigenvalue weighted by Gasteiger charge is 2.65. The fourth-order valence-electron chi connectivity index (χ4n) is 4.57. The fourth-order valence-corrected chi connectivity index (χ4v) is 4.57. The van der Waals surface area contributed by atoms with Crippen LogP contribution in [0.2, 0.25) is 0 Å². The number of aliphatic hydroxyl groups is 1. The molecule has 0 radical (unpaired) electrons. The summed E-state index contributed by atoms with van der Waals surface area (Å²) in [5.41, 5.74) is -0.342. The molecule has 1 N–H and O–H groups in total. The monoisotopic (exact) mass is 436 g/mol. The molecular weight excluding hydrogens is 408 g/mol. The average Bonchev–Trinajstić information content (AvgIpc) is 3.49. The van der Waals surface area contributed by atoms with Gasteiger partial charge in [-0.1, -0.05) is 0 Å². The highest BCUT2D eigenvalue weighted by molar-refractivity contribution is 5.93. The minimum atomic E-state index is -0.816. The van der Waals surface area contributed by atoms with Crippen LogP contribution in [0.15, 0.2) is 23.0 Å². The third-order valence-corrected chi connectivity index (χ3v) is 6.48. The number of hydrogen-bond donors (Lipinski definition) is 1. The van der Waals surface area contributed by atoms with Gasteiger partial charge in [-0.3, -0.25) is 9.59 Å². The maximum atomic E-state index is 12.7. The smallest absolute Gasteiger partial charge is 0.338 e. The second-order valence-corrected chi connectivity index (χ2v) is 9.08. The van der Waals surface area contributed by atoms with E-state index in [1.165, 1.54) is 19.9 Å².